The third kappa shape index (κ3) is 2.20. The first-order valence-electron chi connectivity index (χ1n) is 5.21. The Balaban J connectivity index is 2.39. The van der Waals surface area contributed by atoms with Crippen molar-refractivity contribution in [3.05, 3.63) is 29.9 Å². The molecular weight excluding hydrogens is 335 g/mol. The molecule has 16 heavy (non-hydrogen) atoms. The van der Waals surface area contributed by atoms with E-state index in [-0.39, 0.29) is 5.41 Å². The van der Waals surface area contributed by atoms with Crippen molar-refractivity contribution >= 4 is 46.5 Å². The van der Waals surface area contributed by atoms with E-state index in [9.17, 15) is 0 Å². The summed E-state index contributed by atoms with van der Waals surface area (Å²) in [6.07, 6.45) is 10.6. The van der Waals surface area contributed by atoms with Crippen molar-refractivity contribution in [2.24, 2.45) is 5.41 Å². The highest BCUT2D eigenvalue weighted by Crippen LogP contribution is 2.33. The Bertz CT molecular complexity index is 414. The lowest BCUT2D eigenvalue weighted by Gasteiger charge is -2.24. The molecule has 0 spiro atoms. The van der Waals surface area contributed by atoms with Gasteiger partial charge in [-0.1, -0.05) is 48.6 Å². The Kier molecular flexibility index (Phi) is 3.45. The quantitative estimate of drug-likeness (QED) is 0.584. The van der Waals surface area contributed by atoms with Crippen LogP contribution in [0.3, 0.4) is 0 Å². The topological polar surface area (TPSA) is 17.8 Å². The lowest BCUT2D eigenvalue weighted by molar-refractivity contribution is 0.567. The third-order valence-corrected chi connectivity index (χ3v) is 4.61. The summed E-state index contributed by atoms with van der Waals surface area (Å²) in [5.74, 6) is 1.41. The predicted octanol–water partition coefficient (Wildman–Crippen LogP) is 3.95. The van der Waals surface area contributed by atoms with E-state index in [0.717, 1.165) is 11.5 Å². The lowest BCUT2D eigenvalue weighted by atomic mass is 9.87. The van der Waals surface area contributed by atoms with Gasteiger partial charge in [-0.3, -0.25) is 0 Å². The molecule has 4 heteroatoms. The molecule has 0 aromatic carbocycles. The Morgan fingerprint density at radius 2 is 2.31 bits per heavy atom. The maximum absolute atomic E-state index is 5.77. The molecule has 0 amide bonds. The number of fused-ring (bicyclic) bond motifs is 1. The molecule has 2 unspecified atom stereocenters. The van der Waals surface area contributed by atoms with Crippen molar-refractivity contribution in [1.82, 2.24) is 9.55 Å². The number of aromatic nitrogens is 2. The predicted molar refractivity (Wildman–Crippen MR) is 77.7 cm³/mol. The number of halogens is 2. The second-order valence-electron chi connectivity index (χ2n) is 4.26. The van der Waals surface area contributed by atoms with Crippen LogP contribution in [0.1, 0.15) is 25.4 Å². The van der Waals surface area contributed by atoms with E-state index in [4.69, 9.17) is 11.6 Å². The summed E-state index contributed by atoms with van der Waals surface area (Å²) in [7, 11) is 0. The van der Waals surface area contributed by atoms with Gasteiger partial charge in [-0.15, -0.1) is 11.6 Å². The largest absolute Gasteiger partial charge is 0.307 e. The van der Waals surface area contributed by atoms with Gasteiger partial charge in [-0.25, -0.2) is 4.98 Å². The van der Waals surface area contributed by atoms with E-state index >= 15 is 0 Å². The zero-order valence-corrected chi connectivity index (χ0v) is 12.2. The highest BCUT2D eigenvalue weighted by Gasteiger charge is 2.25. The summed E-state index contributed by atoms with van der Waals surface area (Å²) in [6, 6.07) is 0. The first kappa shape index (κ1) is 12.2. The molecule has 0 aliphatic carbocycles. The van der Waals surface area contributed by atoms with E-state index in [2.05, 4.69) is 65.9 Å². The molecule has 1 aliphatic heterocycles. The average molecular weight is 349 g/mol. The summed E-state index contributed by atoms with van der Waals surface area (Å²) in [4.78, 5) is 4.44. The van der Waals surface area contributed by atoms with E-state index < -0.39 is 0 Å². The second-order valence-corrected chi connectivity index (χ2v) is 6.40. The number of hydrogen-bond donors (Lipinski definition) is 0. The lowest BCUT2D eigenvalue weighted by Crippen LogP contribution is -2.19. The fourth-order valence-corrected chi connectivity index (χ4v) is 2.13. The van der Waals surface area contributed by atoms with Crippen LogP contribution in [0.25, 0.3) is 12.3 Å². The van der Waals surface area contributed by atoms with Crippen LogP contribution in [0.4, 0.5) is 0 Å². The SMILES string of the molecule is CC(I)C1(C)C=Cc2nc(CCl)cn2C=C1. The monoisotopic (exact) mass is 348 g/mol. The van der Waals surface area contributed by atoms with Crippen LogP contribution < -0.4 is 0 Å². The number of alkyl halides is 2. The fraction of sp³-hybridized carbons (Fsp3) is 0.417. The van der Waals surface area contributed by atoms with Gasteiger partial charge in [0.25, 0.3) is 0 Å². The maximum Gasteiger partial charge on any atom is 0.136 e. The molecule has 0 bridgehead atoms. The van der Waals surface area contributed by atoms with Gasteiger partial charge in [-0.2, -0.15) is 0 Å². The van der Waals surface area contributed by atoms with E-state index in [1.54, 1.807) is 0 Å². The Labute approximate surface area is 115 Å². The van der Waals surface area contributed by atoms with Crippen LogP contribution in [0.2, 0.25) is 0 Å². The number of hydrogen-bond acceptors (Lipinski definition) is 1. The standard InChI is InChI=1S/C12H14ClIN2/c1-9(14)12(2)4-3-11-15-10(7-13)8-16(11)6-5-12/h3-6,8-9H,7H2,1-2H3. The molecule has 2 rings (SSSR count). The Hall–Kier alpha value is -0.290. The zero-order chi connectivity index (χ0) is 11.8. The smallest absolute Gasteiger partial charge is 0.136 e. The minimum Gasteiger partial charge on any atom is -0.307 e. The fourth-order valence-electron chi connectivity index (χ4n) is 1.58. The molecule has 1 aliphatic rings. The zero-order valence-electron chi connectivity index (χ0n) is 9.32. The van der Waals surface area contributed by atoms with E-state index in [1.165, 1.54) is 0 Å². The van der Waals surface area contributed by atoms with Gasteiger partial charge in [0.1, 0.15) is 5.82 Å². The van der Waals surface area contributed by atoms with Crippen molar-refractivity contribution in [3.8, 4) is 0 Å². The molecule has 0 saturated carbocycles. The van der Waals surface area contributed by atoms with Gasteiger partial charge in [0.2, 0.25) is 0 Å². The Morgan fingerprint density at radius 1 is 1.56 bits per heavy atom. The van der Waals surface area contributed by atoms with Crippen LogP contribution in [-0.2, 0) is 5.88 Å². The highest BCUT2D eigenvalue weighted by molar-refractivity contribution is 14.1. The van der Waals surface area contributed by atoms with E-state index in [0.29, 0.717) is 9.80 Å². The molecule has 1 aromatic rings. The summed E-state index contributed by atoms with van der Waals surface area (Å²) in [5, 5.41) is 0. The van der Waals surface area contributed by atoms with Crippen molar-refractivity contribution < 1.29 is 0 Å². The molecule has 2 heterocycles. The average Bonchev–Trinajstić information content (AvgIpc) is 2.59. The molecule has 0 fully saturated rings. The maximum atomic E-state index is 5.77. The second kappa shape index (κ2) is 4.53. The van der Waals surface area contributed by atoms with Gasteiger partial charge >= 0.3 is 0 Å². The summed E-state index contributed by atoms with van der Waals surface area (Å²) < 4.78 is 2.56. The molecule has 1 aromatic heterocycles. The van der Waals surface area contributed by atoms with Gasteiger partial charge in [0, 0.05) is 21.7 Å². The van der Waals surface area contributed by atoms with Crippen LogP contribution >= 0.6 is 34.2 Å². The number of nitrogens with zero attached hydrogens (tertiary/aromatic N) is 2. The first-order valence-corrected chi connectivity index (χ1v) is 6.99. The summed E-state index contributed by atoms with van der Waals surface area (Å²) in [6.45, 7) is 4.44. The number of rotatable bonds is 2. The van der Waals surface area contributed by atoms with Crippen molar-refractivity contribution in [1.29, 1.82) is 0 Å². The number of allylic oxidation sites excluding steroid dienone is 2. The molecule has 0 saturated heterocycles. The molecule has 2 nitrogen and oxygen atoms in total. The van der Waals surface area contributed by atoms with Gasteiger partial charge in [0.05, 0.1) is 11.6 Å². The molecule has 2 atom stereocenters. The molecule has 0 N–H and O–H groups in total. The molecular formula is C12H14ClIN2. The van der Waals surface area contributed by atoms with Crippen molar-refractivity contribution in [2.45, 2.75) is 23.7 Å². The third-order valence-electron chi connectivity index (χ3n) is 2.99. The van der Waals surface area contributed by atoms with Gasteiger partial charge in [-0.05, 0) is 6.08 Å². The molecule has 86 valence electrons. The first-order chi connectivity index (χ1) is 7.55. The molecule has 0 radical (unpaired) electrons. The van der Waals surface area contributed by atoms with Crippen LogP contribution in [0, 0.1) is 5.41 Å². The van der Waals surface area contributed by atoms with E-state index in [1.807, 2.05) is 10.8 Å². The highest BCUT2D eigenvalue weighted by atomic mass is 127. The van der Waals surface area contributed by atoms with Crippen molar-refractivity contribution in [3.63, 3.8) is 0 Å². The summed E-state index contributed by atoms with van der Waals surface area (Å²) in [5.41, 5.74) is 1.000. The summed E-state index contributed by atoms with van der Waals surface area (Å²) >= 11 is 8.22. The van der Waals surface area contributed by atoms with Gasteiger partial charge in [0.15, 0.2) is 0 Å². The van der Waals surface area contributed by atoms with Crippen LogP contribution in [-0.4, -0.2) is 13.5 Å². The van der Waals surface area contributed by atoms with Gasteiger partial charge < -0.3 is 4.57 Å². The minimum absolute atomic E-state index is 0.0857. The van der Waals surface area contributed by atoms with Crippen LogP contribution in [0.5, 0.6) is 0 Å². The Morgan fingerprint density at radius 3 is 2.94 bits per heavy atom. The minimum atomic E-state index is 0.0857. The van der Waals surface area contributed by atoms with Crippen molar-refractivity contribution in [2.75, 3.05) is 0 Å². The van der Waals surface area contributed by atoms with Crippen LogP contribution in [0.15, 0.2) is 18.3 Å². The number of imidazole rings is 1. The normalized spacial score (nSPS) is 25.2.